The number of pyridine rings is 1. The SMILES string of the molecule is CSc1ccccc1Cn1c(C)cc(OCc2ccccc2CN)c(Cl)c1=O. The first-order valence-corrected chi connectivity index (χ1v) is 10.6. The molecule has 28 heavy (non-hydrogen) atoms. The minimum atomic E-state index is -0.250. The van der Waals surface area contributed by atoms with Gasteiger partial charge in [-0.3, -0.25) is 4.79 Å². The van der Waals surface area contributed by atoms with E-state index in [0.717, 1.165) is 27.3 Å². The minimum Gasteiger partial charge on any atom is -0.487 e. The zero-order chi connectivity index (χ0) is 20.1. The average molecular weight is 415 g/mol. The largest absolute Gasteiger partial charge is 0.487 e. The molecule has 0 amide bonds. The first-order valence-electron chi connectivity index (χ1n) is 8.96. The summed E-state index contributed by atoms with van der Waals surface area (Å²) < 4.78 is 7.55. The van der Waals surface area contributed by atoms with Crippen molar-refractivity contribution in [1.29, 1.82) is 0 Å². The van der Waals surface area contributed by atoms with Gasteiger partial charge in [0.2, 0.25) is 0 Å². The zero-order valence-corrected chi connectivity index (χ0v) is 17.5. The van der Waals surface area contributed by atoms with Crippen LogP contribution in [0.5, 0.6) is 5.75 Å². The molecule has 0 saturated carbocycles. The van der Waals surface area contributed by atoms with Crippen molar-refractivity contribution in [2.45, 2.75) is 31.5 Å². The second-order valence-electron chi connectivity index (χ2n) is 6.43. The first kappa shape index (κ1) is 20.5. The van der Waals surface area contributed by atoms with Crippen LogP contribution >= 0.6 is 23.4 Å². The average Bonchev–Trinajstić information content (AvgIpc) is 2.73. The van der Waals surface area contributed by atoms with Crippen molar-refractivity contribution >= 4 is 23.4 Å². The van der Waals surface area contributed by atoms with Gasteiger partial charge in [0.15, 0.2) is 0 Å². The van der Waals surface area contributed by atoms with E-state index in [1.165, 1.54) is 0 Å². The fraction of sp³-hybridized carbons (Fsp3) is 0.227. The molecule has 1 heterocycles. The number of halogens is 1. The van der Waals surface area contributed by atoms with Gasteiger partial charge in [0, 0.05) is 23.2 Å². The fourth-order valence-electron chi connectivity index (χ4n) is 3.07. The van der Waals surface area contributed by atoms with E-state index in [9.17, 15) is 4.79 Å². The molecule has 0 unspecified atom stereocenters. The van der Waals surface area contributed by atoms with E-state index in [1.807, 2.05) is 67.8 Å². The Balaban J connectivity index is 1.87. The number of nitrogens with two attached hydrogens (primary N) is 1. The molecule has 6 heteroatoms. The zero-order valence-electron chi connectivity index (χ0n) is 15.9. The molecule has 0 radical (unpaired) electrons. The van der Waals surface area contributed by atoms with Gasteiger partial charge in [0.1, 0.15) is 17.4 Å². The van der Waals surface area contributed by atoms with Crippen LogP contribution in [0.25, 0.3) is 0 Å². The number of aromatic nitrogens is 1. The standard InChI is InChI=1S/C22H23ClN2O2S/c1-15-11-19(27-14-18-9-4-3-7-16(18)12-24)21(23)22(26)25(15)13-17-8-5-6-10-20(17)28-2/h3-11H,12-14,24H2,1-2H3. The number of hydrogen-bond acceptors (Lipinski definition) is 4. The Morgan fingerprint density at radius 2 is 1.71 bits per heavy atom. The normalized spacial score (nSPS) is 10.9. The van der Waals surface area contributed by atoms with Gasteiger partial charge in [-0.15, -0.1) is 11.8 Å². The third-order valence-corrected chi connectivity index (χ3v) is 5.84. The number of hydrogen-bond donors (Lipinski definition) is 1. The molecule has 3 rings (SSSR count). The van der Waals surface area contributed by atoms with Crippen LogP contribution in [0.3, 0.4) is 0 Å². The Bertz CT molecular complexity index is 1030. The van der Waals surface area contributed by atoms with E-state index >= 15 is 0 Å². The van der Waals surface area contributed by atoms with Crippen molar-refractivity contribution in [2.75, 3.05) is 6.26 Å². The van der Waals surface area contributed by atoms with Crippen LogP contribution in [0.2, 0.25) is 5.02 Å². The summed E-state index contributed by atoms with van der Waals surface area (Å²) in [6, 6.07) is 17.7. The molecule has 0 fully saturated rings. The van der Waals surface area contributed by atoms with E-state index < -0.39 is 0 Å². The number of ether oxygens (including phenoxy) is 1. The van der Waals surface area contributed by atoms with Crippen LogP contribution in [0.4, 0.5) is 0 Å². The van der Waals surface area contributed by atoms with Gasteiger partial charge in [0.25, 0.3) is 5.56 Å². The van der Waals surface area contributed by atoms with Gasteiger partial charge in [-0.05, 0) is 35.9 Å². The van der Waals surface area contributed by atoms with Crippen molar-refractivity contribution in [3.63, 3.8) is 0 Å². The molecule has 0 aliphatic carbocycles. The molecule has 0 saturated heterocycles. The molecule has 2 aromatic carbocycles. The molecule has 146 valence electrons. The molecule has 0 atom stereocenters. The van der Waals surface area contributed by atoms with Crippen molar-refractivity contribution in [1.82, 2.24) is 4.57 Å². The summed E-state index contributed by atoms with van der Waals surface area (Å²) >= 11 is 8.02. The van der Waals surface area contributed by atoms with Crippen LogP contribution in [-0.4, -0.2) is 10.8 Å². The van der Waals surface area contributed by atoms with Gasteiger partial charge in [-0.2, -0.15) is 0 Å². The molecule has 0 aliphatic rings. The maximum absolute atomic E-state index is 12.9. The highest BCUT2D eigenvalue weighted by molar-refractivity contribution is 7.98. The lowest BCUT2D eigenvalue weighted by Gasteiger charge is -2.16. The van der Waals surface area contributed by atoms with E-state index in [2.05, 4.69) is 0 Å². The fourth-order valence-corrected chi connectivity index (χ4v) is 3.89. The molecule has 0 bridgehead atoms. The Labute approximate surface area is 174 Å². The van der Waals surface area contributed by atoms with E-state index in [1.54, 1.807) is 16.3 Å². The summed E-state index contributed by atoms with van der Waals surface area (Å²) in [6.45, 7) is 3.10. The summed E-state index contributed by atoms with van der Waals surface area (Å²) in [6.07, 6.45) is 2.03. The van der Waals surface area contributed by atoms with Gasteiger partial charge >= 0.3 is 0 Å². The molecule has 3 aromatic rings. The summed E-state index contributed by atoms with van der Waals surface area (Å²) in [4.78, 5) is 14.0. The summed E-state index contributed by atoms with van der Waals surface area (Å²) in [5, 5.41) is 0.0949. The Morgan fingerprint density at radius 3 is 2.39 bits per heavy atom. The van der Waals surface area contributed by atoms with Crippen LogP contribution < -0.4 is 16.0 Å². The monoisotopic (exact) mass is 414 g/mol. The first-order chi connectivity index (χ1) is 13.5. The third-order valence-electron chi connectivity index (χ3n) is 4.66. The van der Waals surface area contributed by atoms with Crippen molar-refractivity contribution in [2.24, 2.45) is 5.73 Å². The number of nitrogens with zero attached hydrogens (tertiary/aromatic N) is 1. The van der Waals surface area contributed by atoms with Crippen molar-refractivity contribution in [3.8, 4) is 5.75 Å². The Kier molecular flexibility index (Phi) is 6.83. The van der Waals surface area contributed by atoms with Crippen molar-refractivity contribution < 1.29 is 4.74 Å². The Hall–Kier alpha value is -2.21. The van der Waals surface area contributed by atoms with Crippen molar-refractivity contribution in [3.05, 3.63) is 92.4 Å². The van der Waals surface area contributed by atoms with Gasteiger partial charge < -0.3 is 15.0 Å². The second-order valence-corrected chi connectivity index (χ2v) is 7.65. The highest BCUT2D eigenvalue weighted by atomic mass is 35.5. The summed E-state index contributed by atoms with van der Waals surface area (Å²) in [5.41, 5.74) is 9.41. The molecule has 0 aliphatic heterocycles. The number of benzene rings is 2. The molecule has 0 spiro atoms. The number of aryl methyl sites for hydroxylation is 1. The second kappa shape index (κ2) is 9.32. The molecule has 4 nitrogen and oxygen atoms in total. The molecule has 2 N–H and O–H groups in total. The molecular formula is C22H23ClN2O2S. The van der Waals surface area contributed by atoms with Crippen LogP contribution in [0.1, 0.15) is 22.4 Å². The third kappa shape index (κ3) is 4.43. The smallest absolute Gasteiger partial charge is 0.273 e. The lowest BCUT2D eigenvalue weighted by Crippen LogP contribution is -2.24. The Morgan fingerprint density at radius 1 is 1.07 bits per heavy atom. The molecule has 1 aromatic heterocycles. The lowest BCUT2D eigenvalue weighted by molar-refractivity contribution is 0.303. The lowest BCUT2D eigenvalue weighted by atomic mass is 10.1. The number of rotatable bonds is 7. The predicted octanol–water partition coefficient (Wildman–Crippen LogP) is 4.62. The molecular weight excluding hydrogens is 392 g/mol. The predicted molar refractivity (Wildman–Crippen MR) is 116 cm³/mol. The highest BCUT2D eigenvalue weighted by Gasteiger charge is 2.14. The summed E-state index contributed by atoms with van der Waals surface area (Å²) in [5.74, 6) is 0.394. The minimum absolute atomic E-state index is 0.0949. The van der Waals surface area contributed by atoms with Gasteiger partial charge in [0.05, 0.1) is 6.54 Å². The van der Waals surface area contributed by atoms with Crippen LogP contribution in [0.15, 0.2) is 64.3 Å². The van der Waals surface area contributed by atoms with Crippen LogP contribution in [0, 0.1) is 6.92 Å². The van der Waals surface area contributed by atoms with Crippen LogP contribution in [-0.2, 0) is 19.7 Å². The van der Waals surface area contributed by atoms with Gasteiger partial charge in [-0.1, -0.05) is 54.1 Å². The maximum atomic E-state index is 12.9. The topological polar surface area (TPSA) is 57.2 Å². The number of thioether (sulfide) groups is 1. The van der Waals surface area contributed by atoms with E-state index in [4.69, 9.17) is 22.1 Å². The van der Waals surface area contributed by atoms with E-state index in [0.29, 0.717) is 25.4 Å². The van der Waals surface area contributed by atoms with E-state index in [-0.39, 0.29) is 10.6 Å². The summed E-state index contributed by atoms with van der Waals surface area (Å²) in [7, 11) is 0. The highest BCUT2D eigenvalue weighted by Crippen LogP contribution is 2.25. The quantitative estimate of drug-likeness (QED) is 0.573. The maximum Gasteiger partial charge on any atom is 0.273 e. The van der Waals surface area contributed by atoms with Gasteiger partial charge in [-0.25, -0.2) is 0 Å².